The molecule has 248 valence electrons. The van der Waals surface area contributed by atoms with Crippen LogP contribution in [0.2, 0.25) is 30.4 Å². The first kappa shape index (κ1) is 36.5. The molecule has 0 spiro atoms. The summed E-state index contributed by atoms with van der Waals surface area (Å²) in [6.45, 7) is 19.0. The van der Waals surface area contributed by atoms with Crippen molar-refractivity contribution >= 4 is 30.5 Å². The summed E-state index contributed by atoms with van der Waals surface area (Å²) >= 11 is -2.75. The van der Waals surface area contributed by atoms with Crippen LogP contribution in [0.1, 0.15) is 123 Å². The van der Waals surface area contributed by atoms with Gasteiger partial charge in [0, 0.05) is 0 Å². The van der Waals surface area contributed by atoms with E-state index in [-0.39, 0.29) is 11.1 Å². The Bertz CT molecular complexity index is 1290. The third-order valence-corrected chi connectivity index (χ3v) is 31.8. The number of aromatic nitrogens is 1. The van der Waals surface area contributed by atoms with Crippen LogP contribution in [0.5, 0.6) is 0 Å². The van der Waals surface area contributed by atoms with Crippen molar-refractivity contribution < 1.29 is 8.84 Å². The maximum atomic E-state index is 7.61. The van der Waals surface area contributed by atoms with Crippen LogP contribution in [0, 0.1) is 5.92 Å². The Morgan fingerprint density at radius 1 is 0.844 bits per heavy atom. The molecule has 0 bridgehead atoms. The molecule has 0 amide bonds. The maximum absolute atomic E-state index is 7.61. The van der Waals surface area contributed by atoms with Crippen molar-refractivity contribution in [3.8, 4) is 11.1 Å². The Kier molecular flexibility index (Phi) is 13.5. The second kappa shape index (κ2) is 16.6. The molecule has 0 saturated carbocycles. The number of nitrogens with zero attached hydrogens (tertiary/aromatic N) is 1. The van der Waals surface area contributed by atoms with E-state index in [2.05, 4.69) is 110 Å². The number of fused-ring (bicyclic) bond motifs is 1. The van der Waals surface area contributed by atoms with Gasteiger partial charge in [0.15, 0.2) is 0 Å². The van der Waals surface area contributed by atoms with E-state index in [1.165, 1.54) is 77.9 Å². The molecule has 1 aliphatic rings. The molecule has 0 saturated heterocycles. The van der Waals surface area contributed by atoms with Crippen LogP contribution >= 0.6 is 0 Å². The van der Waals surface area contributed by atoms with Crippen LogP contribution in [0.15, 0.2) is 59.1 Å². The van der Waals surface area contributed by atoms with Crippen molar-refractivity contribution in [3.63, 3.8) is 0 Å². The number of rotatable bonds is 17. The van der Waals surface area contributed by atoms with Crippen molar-refractivity contribution in [2.75, 3.05) is 0 Å². The molecular weight excluding hydrogens is 673 g/mol. The van der Waals surface area contributed by atoms with Crippen LogP contribution in [0.25, 0.3) is 11.1 Å². The minimum absolute atomic E-state index is 0.0704. The second-order valence-corrected chi connectivity index (χ2v) is 33.1. The SMILES string of the molecule is CCC[CH2][Sn]([CH2]CCC)([CH2]CCC)[c]1cnc(C(O[Si](CC)(CC)C(C)(C)C)C2CCc3cc(-c4ccccc4)ccc3C2)o1. The second-order valence-electron chi connectivity index (χ2n) is 15.0. The van der Waals surface area contributed by atoms with E-state index in [1.807, 2.05) is 0 Å². The predicted octanol–water partition coefficient (Wildman–Crippen LogP) is 12.0. The molecule has 2 unspecified atom stereocenters. The Balaban J connectivity index is 1.73. The summed E-state index contributed by atoms with van der Waals surface area (Å²) in [5, 5.41) is 0.147. The zero-order valence-electron chi connectivity index (χ0n) is 30.0. The molecule has 1 aliphatic carbocycles. The first-order valence-electron chi connectivity index (χ1n) is 18.5. The van der Waals surface area contributed by atoms with Crippen molar-refractivity contribution in [1.29, 1.82) is 0 Å². The molecular formula is C40H63NO2SiSn. The first-order valence-corrected chi connectivity index (χ1v) is 28.3. The molecule has 0 fully saturated rings. The molecule has 3 aromatic rings. The van der Waals surface area contributed by atoms with Crippen molar-refractivity contribution in [2.24, 2.45) is 5.92 Å². The molecule has 2 aromatic carbocycles. The molecule has 2 atom stereocenters. The molecule has 1 heterocycles. The number of aryl methyl sites for hydroxylation is 1. The molecule has 0 radical (unpaired) electrons. The normalized spacial score (nSPS) is 16.5. The van der Waals surface area contributed by atoms with Gasteiger partial charge in [-0.05, 0) is 0 Å². The van der Waals surface area contributed by atoms with E-state index in [4.69, 9.17) is 13.8 Å². The summed E-state index contributed by atoms with van der Waals surface area (Å²) < 4.78 is 20.3. The molecule has 3 nitrogen and oxygen atoms in total. The zero-order chi connectivity index (χ0) is 32.5. The van der Waals surface area contributed by atoms with Gasteiger partial charge in [-0.25, -0.2) is 0 Å². The Labute approximate surface area is 281 Å². The minimum atomic E-state index is -2.75. The summed E-state index contributed by atoms with van der Waals surface area (Å²) in [7, 11) is -2.10. The van der Waals surface area contributed by atoms with Crippen LogP contribution in [-0.4, -0.2) is 31.7 Å². The van der Waals surface area contributed by atoms with Crippen molar-refractivity contribution in [2.45, 2.75) is 150 Å². The first-order chi connectivity index (χ1) is 21.7. The topological polar surface area (TPSA) is 35.3 Å². The van der Waals surface area contributed by atoms with E-state index in [1.54, 1.807) is 0 Å². The van der Waals surface area contributed by atoms with E-state index < -0.39 is 26.7 Å². The molecule has 45 heavy (non-hydrogen) atoms. The van der Waals surface area contributed by atoms with Crippen LogP contribution < -0.4 is 3.78 Å². The van der Waals surface area contributed by atoms with Gasteiger partial charge < -0.3 is 0 Å². The fourth-order valence-corrected chi connectivity index (χ4v) is 27.1. The monoisotopic (exact) mass is 737 g/mol. The van der Waals surface area contributed by atoms with Gasteiger partial charge in [-0.1, -0.05) is 18.2 Å². The number of unbranched alkanes of at least 4 members (excludes halogenated alkanes) is 3. The molecule has 0 aliphatic heterocycles. The molecule has 5 heteroatoms. The summed E-state index contributed by atoms with van der Waals surface area (Å²) in [6, 6.07) is 20.2. The fraction of sp³-hybridized carbons (Fsp3) is 0.625. The van der Waals surface area contributed by atoms with E-state index in [9.17, 15) is 0 Å². The number of oxazole rings is 1. The van der Waals surface area contributed by atoms with Gasteiger partial charge in [0.2, 0.25) is 0 Å². The number of hydrogen-bond acceptors (Lipinski definition) is 3. The van der Waals surface area contributed by atoms with E-state index in [0.717, 1.165) is 37.2 Å². The van der Waals surface area contributed by atoms with Crippen LogP contribution in [0.3, 0.4) is 0 Å². The van der Waals surface area contributed by atoms with Gasteiger partial charge in [0.1, 0.15) is 0 Å². The average Bonchev–Trinajstić information content (AvgIpc) is 3.55. The quantitative estimate of drug-likeness (QED) is 0.129. The van der Waals surface area contributed by atoms with E-state index in [0.29, 0.717) is 5.92 Å². The van der Waals surface area contributed by atoms with Gasteiger partial charge >= 0.3 is 265 Å². The third-order valence-electron chi connectivity index (χ3n) is 11.2. The standard InChI is InChI=1S/C28H36NO2Si.3C4H9.Sn/c1-6-32(7-2,28(3,4)5)31-26(27-29-17-18-30-27)25-16-15-23-19-22(13-14-24(23)20-25)21-11-9-8-10-12-21;3*1-3-4-2;/h8-14,17,19,25-26H,6-7,15-16,20H2,1-5H3;3*1,3-4H2,2H3;. The third kappa shape index (κ3) is 8.57. The molecule has 1 aromatic heterocycles. The molecule has 0 N–H and O–H groups in total. The summed E-state index contributed by atoms with van der Waals surface area (Å²) in [5.41, 5.74) is 5.60. The van der Waals surface area contributed by atoms with Crippen molar-refractivity contribution in [1.82, 2.24) is 4.98 Å². The summed E-state index contributed by atoms with van der Waals surface area (Å²) in [4.78, 5) is 5.21. The van der Waals surface area contributed by atoms with Gasteiger partial charge in [0.05, 0.1) is 0 Å². The summed E-state index contributed by atoms with van der Waals surface area (Å²) in [6.07, 6.45) is 13.2. The Hall–Kier alpha value is -1.37. The Morgan fingerprint density at radius 2 is 1.47 bits per heavy atom. The van der Waals surface area contributed by atoms with E-state index >= 15 is 0 Å². The number of benzene rings is 2. The Morgan fingerprint density at radius 3 is 2.02 bits per heavy atom. The van der Waals surface area contributed by atoms with Gasteiger partial charge in [-0.15, -0.1) is 0 Å². The predicted molar refractivity (Wildman–Crippen MR) is 199 cm³/mol. The summed E-state index contributed by atoms with van der Waals surface area (Å²) in [5.74, 6) is 1.28. The van der Waals surface area contributed by atoms with Crippen molar-refractivity contribution in [3.05, 3.63) is 71.7 Å². The van der Waals surface area contributed by atoms with Gasteiger partial charge in [0.25, 0.3) is 0 Å². The van der Waals surface area contributed by atoms with Crippen LogP contribution in [0.4, 0.5) is 0 Å². The molecule has 4 rings (SSSR count). The van der Waals surface area contributed by atoms with Gasteiger partial charge in [-0.3, -0.25) is 0 Å². The average molecular weight is 737 g/mol. The fourth-order valence-electron chi connectivity index (χ4n) is 8.05. The van der Waals surface area contributed by atoms with Crippen LogP contribution in [-0.2, 0) is 17.3 Å². The van der Waals surface area contributed by atoms with Gasteiger partial charge in [-0.2, -0.15) is 0 Å². The number of hydrogen-bond donors (Lipinski definition) is 0. The zero-order valence-corrected chi connectivity index (χ0v) is 33.9.